The van der Waals surface area contributed by atoms with E-state index in [0.29, 0.717) is 17.9 Å². The van der Waals surface area contributed by atoms with Gasteiger partial charge in [-0.05, 0) is 42.8 Å². The zero-order valence-corrected chi connectivity index (χ0v) is 13.8. The van der Waals surface area contributed by atoms with Gasteiger partial charge in [-0.3, -0.25) is 0 Å². The highest BCUT2D eigenvalue weighted by molar-refractivity contribution is 6.34. The van der Waals surface area contributed by atoms with Gasteiger partial charge in [0.1, 0.15) is 5.75 Å². The number of hydrogen-bond donors (Lipinski definition) is 0. The molecule has 3 rings (SSSR count). The Bertz CT molecular complexity index is 892. The van der Waals surface area contributed by atoms with Crippen LogP contribution in [0.2, 0.25) is 5.02 Å². The van der Waals surface area contributed by atoms with Crippen LogP contribution in [0.3, 0.4) is 0 Å². The van der Waals surface area contributed by atoms with E-state index in [4.69, 9.17) is 21.1 Å². The average molecular weight is 364 g/mol. The molecule has 0 atom stereocenters. The van der Waals surface area contributed by atoms with Gasteiger partial charge in [0.2, 0.25) is 5.90 Å². The van der Waals surface area contributed by atoms with E-state index >= 15 is 0 Å². The first-order chi connectivity index (χ1) is 12.0. The maximum atomic E-state index is 13.4. The molecule has 1 heterocycles. The number of halogens is 3. The van der Waals surface area contributed by atoms with Gasteiger partial charge in [0.25, 0.3) is 0 Å². The molecular weight excluding hydrogens is 352 g/mol. The Balaban J connectivity index is 1.91. The summed E-state index contributed by atoms with van der Waals surface area (Å²) < 4.78 is 36.9. The molecule has 1 aliphatic heterocycles. The third kappa shape index (κ3) is 3.69. The van der Waals surface area contributed by atoms with Crippen molar-refractivity contribution in [1.82, 2.24) is 0 Å². The van der Waals surface area contributed by atoms with Crippen LogP contribution in [0.25, 0.3) is 6.08 Å². The van der Waals surface area contributed by atoms with Crippen LogP contribution in [0.4, 0.5) is 8.78 Å². The van der Waals surface area contributed by atoms with Crippen LogP contribution in [0, 0.1) is 11.6 Å². The molecule has 2 aromatic rings. The van der Waals surface area contributed by atoms with Crippen molar-refractivity contribution in [2.24, 2.45) is 4.99 Å². The predicted octanol–water partition coefficient (Wildman–Crippen LogP) is 4.36. The second-order valence-corrected chi connectivity index (χ2v) is 5.49. The van der Waals surface area contributed by atoms with E-state index in [0.717, 1.165) is 12.1 Å². The largest absolute Gasteiger partial charge is 0.494 e. The van der Waals surface area contributed by atoms with Crippen molar-refractivity contribution in [3.05, 3.63) is 69.9 Å². The van der Waals surface area contributed by atoms with Gasteiger partial charge < -0.3 is 9.47 Å². The monoisotopic (exact) mass is 363 g/mol. The van der Waals surface area contributed by atoms with E-state index in [1.165, 1.54) is 6.08 Å². The zero-order valence-electron chi connectivity index (χ0n) is 13.1. The summed E-state index contributed by atoms with van der Waals surface area (Å²) in [4.78, 5) is 16.0. The summed E-state index contributed by atoms with van der Waals surface area (Å²) in [5.74, 6) is -2.38. The third-order valence-electron chi connectivity index (χ3n) is 3.36. The number of cyclic esters (lactones) is 1. The van der Waals surface area contributed by atoms with E-state index < -0.39 is 17.6 Å². The summed E-state index contributed by atoms with van der Waals surface area (Å²) in [7, 11) is 0. The lowest BCUT2D eigenvalue weighted by molar-refractivity contribution is -0.129. The van der Waals surface area contributed by atoms with Gasteiger partial charge in [-0.2, -0.15) is 0 Å². The maximum absolute atomic E-state index is 13.4. The van der Waals surface area contributed by atoms with Gasteiger partial charge >= 0.3 is 5.97 Å². The third-order valence-corrected chi connectivity index (χ3v) is 3.67. The highest BCUT2D eigenvalue weighted by Gasteiger charge is 2.26. The number of nitrogens with zero attached hydrogens (tertiary/aromatic N) is 1. The molecule has 0 fully saturated rings. The van der Waals surface area contributed by atoms with Crippen molar-refractivity contribution in [1.29, 1.82) is 0 Å². The van der Waals surface area contributed by atoms with Crippen molar-refractivity contribution >= 4 is 29.5 Å². The summed E-state index contributed by atoms with van der Waals surface area (Å²) in [5.41, 5.74) is 0.737. The van der Waals surface area contributed by atoms with Crippen LogP contribution in [-0.4, -0.2) is 18.5 Å². The van der Waals surface area contributed by atoms with Crippen LogP contribution in [0.15, 0.2) is 47.1 Å². The lowest BCUT2D eigenvalue weighted by atomic mass is 10.2. The van der Waals surface area contributed by atoms with Gasteiger partial charge in [-0.15, -0.1) is 0 Å². The minimum atomic E-state index is -1.11. The van der Waals surface area contributed by atoms with E-state index in [2.05, 4.69) is 4.99 Å². The van der Waals surface area contributed by atoms with Gasteiger partial charge in [-0.25, -0.2) is 18.6 Å². The molecular formula is C18H12ClF2NO3. The second kappa shape index (κ2) is 7.03. The molecule has 0 N–H and O–H groups in total. The molecule has 2 aromatic carbocycles. The van der Waals surface area contributed by atoms with Crippen molar-refractivity contribution < 1.29 is 23.0 Å². The smallest absolute Gasteiger partial charge is 0.363 e. The Morgan fingerprint density at radius 1 is 1.20 bits per heavy atom. The molecule has 4 nitrogen and oxygen atoms in total. The van der Waals surface area contributed by atoms with Crippen molar-refractivity contribution in [3.8, 4) is 5.75 Å². The number of ether oxygens (including phenoxy) is 2. The maximum Gasteiger partial charge on any atom is 0.363 e. The lowest BCUT2D eigenvalue weighted by Gasteiger charge is -2.03. The molecule has 0 amide bonds. The van der Waals surface area contributed by atoms with E-state index in [1.54, 1.807) is 24.3 Å². The van der Waals surface area contributed by atoms with Gasteiger partial charge in [0.05, 0.1) is 17.2 Å². The van der Waals surface area contributed by atoms with Crippen LogP contribution < -0.4 is 4.74 Å². The number of rotatable bonds is 4. The Morgan fingerprint density at radius 3 is 2.56 bits per heavy atom. The molecule has 0 bridgehead atoms. The Hall–Kier alpha value is -2.73. The molecule has 0 aliphatic carbocycles. The van der Waals surface area contributed by atoms with Crippen LogP contribution in [-0.2, 0) is 9.53 Å². The normalized spacial score (nSPS) is 15.3. The number of esters is 1. The standard InChI is InChI=1S/C18H12ClF2NO3/c1-2-24-11-5-3-10(4-6-11)7-16-18(23)25-17(22-16)12-8-14(20)15(21)9-13(12)19/h3-9H,2H2,1H3/b16-7+. The number of benzene rings is 2. The molecule has 7 heteroatoms. The minimum Gasteiger partial charge on any atom is -0.494 e. The van der Waals surface area contributed by atoms with Crippen molar-refractivity contribution in [3.63, 3.8) is 0 Å². The first-order valence-corrected chi connectivity index (χ1v) is 7.76. The number of aliphatic imine (C=N–C) groups is 1. The SMILES string of the molecule is CCOc1ccc(/C=C2/N=C(c3cc(F)c(F)cc3Cl)OC2=O)cc1. The fourth-order valence-electron chi connectivity index (χ4n) is 2.20. The fraction of sp³-hybridized carbons (Fsp3) is 0.111. The molecule has 0 unspecified atom stereocenters. The Morgan fingerprint density at radius 2 is 1.88 bits per heavy atom. The highest BCUT2D eigenvalue weighted by atomic mass is 35.5. The molecule has 25 heavy (non-hydrogen) atoms. The van der Waals surface area contributed by atoms with Crippen LogP contribution in [0.5, 0.6) is 5.75 Å². The van der Waals surface area contributed by atoms with Crippen molar-refractivity contribution in [2.75, 3.05) is 6.61 Å². The van der Waals surface area contributed by atoms with Gasteiger partial charge in [-0.1, -0.05) is 23.7 Å². The lowest BCUT2D eigenvalue weighted by Crippen LogP contribution is -2.07. The Labute approximate surface area is 147 Å². The van der Waals surface area contributed by atoms with E-state index in [-0.39, 0.29) is 22.2 Å². The predicted molar refractivity (Wildman–Crippen MR) is 89.6 cm³/mol. The molecule has 0 saturated carbocycles. The van der Waals surface area contributed by atoms with Crippen LogP contribution in [0.1, 0.15) is 18.1 Å². The van der Waals surface area contributed by atoms with Crippen molar-refractivity contribution in [2.45, 2.75) is 6.92 Å². The summed E-state index contributed by atoms with van der Waals surface area (Å²) in [6.07, 6.45) is 1.51. The van der Waals surface area contributed by atoms with E-state index in [9.17, 15) is 13.6 Å². The quantitative estimate of drug-likeness (QED) is 0.460. The first-order valence-electron chi connectivity index (χ1n) is 7.38. The zero-order chi connectivity index (χ0) is 18.0. The summed E-state index contributed by atoms with van der Waals surface area (Å²) in [6.45, 7) is 2.43. The van der Waals surface area contributed by atoms with Gasteiger partial charge in [0.15, 0.2) is 17.3 Å². The van der Waals surface area contributed by atoms with E-state index in [1.807, 2.05) is 6.92 Å². The number of hydrogen-bond acceptors (Lipinski definition) is 4. The summed E-state index contributed by atoms with van der Waals surface area (Å²) >= 11 is 5.87. The molecule has 128 valence electrons. The summed E-state index contributed by atoms with van der Waals surface area (Å²) in [6, 6.07) is 8.66. The van der Waals surface area contributed by atoms with Gasteiger partial charge in [0, 0.05) is 0 Å². The average Bonchev–Trinajstić information content (AvgIpc) is 2.93. The molecule has 0 radical (unpaired) electrons. The van der Waals surface area contributed by atoms with Crippen LogP contribution >= 0.6 is 11.6 Å². The molecule has 1 aliphatic rings. The number of carbonyl (C=O) groups is 1. The minimum absolute atomic E-state index is 0.00371. The Kier molecular flexibility index (Phi) is 4.81. The highest BCUT2D eigenvalue weighted by Crippen LogP contribution is 2.26. The topological polar surface area (TPSA) is 47.9 Å². The molecule has 0 spiro atoms. The molecule has 0 aromatic heterocycles. The first kappa shape index (κ1) is 17.1. The number of carbonyl (C=O) groups excluding carboxylic acids is 1. The molecule has 0 saturated heterocycles. The second-order valence-electron chi connectivity index (χ2n) is 5.08. The fourth-order valence-corrected chi connectivity index (χ4v) is 2.43. The summed E-state index contributed by atoms with van der Waals surface area (Å²) in [5, 5.41) is -0.104.